The van der Waals surface area contributed by atoms with Crippen LogP contribution in [0.3, 0.4) is 0 Å². The van der Waals surface area contributed by atoms with E-state index in [2.05, 4.69) is 5.10 Å². The molecule has 0 aliphatic heterocycles. The normalized spacial score (nSPS) is 12.4. The quantitative estimate of drug-likeness (QED) is 0.799. The molecule has 4 nitrogen and oxygen atoms in total. The van der Waals surface area contributed by atoms with E-state index in [-0.39, 0.29) is 16.0 Å². The number of hydrogen-bond acceptors (Lipinski definition) is 3. The van der Waals surface area contributed by atoms with Crippen molar-refractivity contribution in [3.63, 3.8) is 0 Å². The summed E-state index contributed by atoms with van der Waals surface area (Å²) in [6.45, 7) is 6.30. The van der Waals surface area contributed by atoms with Gasteiger partial charge in [-0.15, -0.1) is 0 Å². The number of nitrogens with zero attached hydrogens (tertiary/aromatic N) is 2. The minimum absolute atomic E-state index is 0.0496. The lowest BCUT2D eigenvalue weighted by molar-refractivity contribution is 0.593. The zero-order valence-corrected chi connectivity index (χ0v) is 11.7. The molecule has 0 unspecified atom stereocenters. The van der Waals surface area contributed by atoms with Crippen molar-refractivity contribution in [3.8, 4) is 0 Å². The predicted molar refractivity (Wildman–Crippen MR) is 64.5 cm³/mol. The monoisotopic (exact) mass is 284 g/mol. The summed E-state index contributed by atoms with van der Waals surface area (Å²) in [6.07, 6.45) is 0.536. The van der Waals surface area contributed by atoms with Crippen LogP contribution in [0, 0.1) is 5.92 Å². The molecule has 0 N–H and O–H groups in total. The Morgan fingerprint density at radius 3 is 2.38 bits per heavy atom. The maximum absolute atomic E-state index is 11.4. The van der Waals surface area contributed by atoms with Crippen LogP contribution in [0.15, 0.2) is 4.90 Å². The van der Waals surface area contributed by atoms with Gasteiger partial charge in [0.15, 0.2) is 0 Å². The fourth-order valence-electron chi connectivity index (χ4n) is 1.44. The van der Waals surface area contributed by atoms with Crippen molar-refractivity contribution < 1.29 is 8.42 Å². The van der Waals surface area contributed by atoms with Crippen LogP contribution in [0.4, 0.5) is 0 Å². The molecule has 0 aliphatic rings. The van der Waals surface area contributed by atoms with E-state index in [9.17, 15) is 8.42 Å². The number of hydrogen-bond donors (Lipinski definition) is 0. The number of aromatic nitrogens is 2. The van der Waals surface area contributed by atoms with Crippen LogP contribution in [0.25, 0.3) is 0 Å². The molecule has 92 valence electrons. The predicted octanol–water partition coefficient (Wildman–Crippen LogP) is 2.68. The number of halogens is 2. The summed E-state index contributed by atoms with van der Waals surface area (Å²) >= 11 is 5.93. The van der Waals surface area contributed by atoms with Gasteiger partial charge in [-0.25, -0.2) is 8.42 Å². The smallest absolute Gasteiger partial charge is 0.253 e. The summed E-state index contributed by atoms with van der Waals surface area (Å²) in [5.41, 5.74) is 0.442. The Morgan fingerprint density at radius 2 is 2.00 bits per heavy atom. The highest BCUT2D eigenvalue weighted by Gasteiger charge is 2.26. The lowest BCUT2D eigenvalue weighted by Gasteiger charge is -2.02. The van der Waals surface area contributed by atoms with Gasteiger partial charge < -0.3 is 0 Å². The molecule has 0 spiro atoms. The van der Waals surface area contributed by atoms with Crippen LogP contribution in [-0.2, 0) is 22.0 Å². The average molecular weight is 285 g/mol. The maximum atomic E-state index is 11.4. The molecule has 0 amide bonds. The molecule has 1 aromatic rings. The van der Waals surface area contributed by atoms with Gasteiger partial charge in [0.2, 0.25) is 0 Å². The van der Waals surface area contributed by atoms with E-state index in [0.29, 0.717) is 18.7 Å². The van der Waals surface area contributed by atoms with Crippen LogP contribution in [0.2, 0.25) is 5.15 Å². The Hall–Kier alpha value is -0.260. The fourth-order valence-corrected chi connectivity index (χ4v) is 3.33. The van der Waals surface area contributed by atoms with E-state index < -0.39 is 9.05 Å². The van der Waals surface area contributed by atoms with Gasteiger partial charge in [0.05, 0.1) is 5.69 Å². The van der Waals surface area contributed by atoms with E-state index in [1.54, 1.807) is 0 Å². The molecular formula is C9H14Cl2N2O2S. The van der Waals surface area contributed by atoms with Gasteiger partial charge in [0, 0.05) is 17.2 Å². The lowest BCUT2D eigenvalue weighted by atomic mass is 10.1. The van der Waals surface area contributed by atoms with Crippen molar-refractivity contribution in [1.29, 1.82) is 0 Å². The summed E-state index contributed by atoms with van der Waals surface area (Å²) in [6, 6.07) is 0. The van der Waals surface area contributed by atoms with Gasteiger partial charge in [-0.05, 0) is 19.3 Å². The summed E-state index contributed by atoms with van der Waals surface area (Å²) in [7, 11) is 1.52. The first-order valence-electron chi connectivity index (χ1n) is 4.97. The van der Waals surface area contributed by atoms with Crippen LogP contribution >= 0.6 is 22.3 Å². The SMILES string of the molecule is CCn1nc(CC(C)C)c(S(=O)(=O)Cl)c1Cl. The second-order valence-corrected chi connectivity index (χ2v) is 6.78. The molecule has 1 heterocycles. The topological polar surface area (TPSA) is 52.0 Å². The van der Waals surface area contributed by atoms with Gasteiger partial charge in [0.1, 0.15) is 10.0 Å². The zero-order chi connectivity index (χ0) is 12.5. The number of aryl methyl sites for hydroxylation is 1. The molecule has 0 aromatic carbocycles. The Labute approximate surface area is 105 Å². The van der Waals surface area contributed by atoms with Crippen LogP contribution in [0.1, 0.15) is 26.5 Å². The maximum Gasteiger partial charge on any atom is 0.266 e. The molecule has 1 rings (SSSR count). The zero-order valence-electron chi connectivity index (χ0n) is 9.37. The van der Waals surface area contributed by atoms with Crippen molar-refractivity contribution in [3.05, 3.63) is 10.8 Å². The highest BCUT2D eigenvalue weighted by atomic mass is 35.7. The highest BCUT2D eigenvalue weighted by molar-refractivity contribution is 8.13. The standard InChI is InChI=1S/C9H14Cl2N2O2S/c1-4-13-9(10)8(16(11,14)15)7(12-13)5-6(2)3/h6H,4-5H2,1-3H3. The van der Waals surface area contributed by atoms with Crippen molar-refractivity contribution in [2.75, 3.05) is 0 Å². The Balaban J connectivity index is 3.37. The lowest BCUT2D eigenvalue weighted by Crippen LogP contribution is -2.01. The minimum atomic E-state index is -3.84. The first-order valence-corrected chi connectivity index (χ1v) is 7.66. The Kier molecular flexibility index (Phi) is 4.26. The van der Waals surface area contributed by atoms with Gasteiger partial charge in [-0.2, -0.15) is 5.10 Å². The van der Waals surface area contributed by atoms with Gasteiger partial charge in [-0.3, -0.25) is 4.68 Å². The Morgan fingerprint density at radius 1 is 1.44 bits per heavy atom. The molecular weight excluding hydrogens is 271 g/mol. The van der Waals surface area contributed by atoms with E-state index in [0.717, 1.165) is 0 Å². The summed E-state index contributed by atoms with van der Waals surface area (Å²) in [4.78, 5) is -0.0496. The molecule has 0 radical (unpaired) electrons. The molecule has 7 heteroatoms. The van der Waals surface area contributed by atoms with Gasteiger partial charge in [-0.1, -0.05) is 25.4 Å². The van der Waals surface area contributed by atoms with E-state index in [1.807, 2.05) is 20.8 Å². The first kappa shape index (κ1) is 13.8. The molecule has 0 atom stereocenters. The highest BCUT2D eigenvalue weighted by Crippen LogP contribution is 2.29. The summed E-state index contributed by atoms with van der Waals surface area (Å²) in [5.74, 6) is 0.286. The van der Waals surface area contributed by atoms with E-state index >= 15 is 0 Å². The first-order chi connectivity index (χ1) is 7.27. The second kappa shape index (κ2) is 4.94. The van der Waals surface area contributed by atoms with Crippen LogP contribution in [-0.4, -0.2) is 18.2 Å². The molecule has 0 aliphatic carbocycles. The fraction of sp³-hybridized carbons (Fsp3) is 0.667. The van der Waals surface area contributed by atoms with E-state index in [4.69, 9.17) is 22.3 Å². The van der Waals surface area contributed by atoms with Gasteiger partial charge in [0.25, 0.3) is 9.05 Å². The minimum Gasteiger partial charge on any atom is -0.253 e. The van der Waals surface area contributed by atoms with Crippen LogP contribution in [0.5, 0.6) is 0 Å². The summed E-state index contributed by atoms with van der Waals surface area (Å²) in [5, 5.41) is 4.25. The number of rotatable bonds is 4. The third-order valence-corrected chi connectivity index (χ3v) is 3.94. The molecule has 16 heavy (non-hydrogen) atoms. The van der Waals surface area contributed by atoms with Gasteiger partial charge >= 0.3 is 0 Å². The van der Waals surface area contributed by atoms with E-state index in [1.165, 1.54) is 4.68 Å². The van der Waals surface area contributed by atoms with Crippen molar-refractivity contribution in [1.82, 2.24) is 9.78 Å². The second-order valence-electron chi connectivity index (χ2n) is 3.92. The third-order valence-electron chi connectivity index (χ3n) is 2.06. The van der Waals surface area contributed by atoms with Crippen molar-refractivity contribution in [2.45, 2.75) is 38.6 Å². The summed E-state index contributed by atoms with van der Waals surface area (Å²) < 4.78 is 24.3. The third kappa shape index (κ3) is 2.90. The molecule has 0 bridgehead atoms. The molecule has 0 saturated carbocycles. The van der Waals surface area contributed by atoms with Crippen molar-refractivity contribution >= 4 is 31.3 Å². The van der Waals surface area contributed by atoms with Crippen molar-refractivity contribution in [2.24, 2.45) is 5.92 Å². The van der Waals surface area contributed by atoms with Crippen LogP contribution < -0.4 is 0 Å². The average Bonchev–Trinajstić information content (AvgIpc) is 2.39. The molecule has 0 fully saturated rings. The molecule has 0 saturated heterocycles. The Bertz CT molecular complexity index is 480. The molecule has 1 aromatic heterocycles. The largest absolute Gasteiger partial charge is 0.266 e.